The lowest BCUT2D eigenvalue weighted by molar-refractivity contribution is 0.470. The van der Waals surface area contributed by atoms with Crippen LogP contribution < -0.4 is 21.5 Å². The van der Waals surface area contributed by atoms with Gasteiger partial charge in [-0.25, -0.2) is 0 Å². The van der Waals surface area contributed by atoms with Crippen LogP contribution in [0.4, 0.5) is 17.1 Å². The van der Waals surface area contributed by atoms with E-state index in [9.17, 15) is 14.7 Å². The van der Waals surface area contributed by atoms with Gasteiger partial charge in [-0.15, -0.1) is 0 Å². The number of aromatic nitrogens is 1. The normalized spacial score (nSPS) is 12.1. The van der Waals surface area contributed by atoms with Crippen LogP contribution in [0.2, 0.25) is 0 Å². The molecule has 0 fully saturated rings. The molecule has 0 amide bonds. The first-order valence-electron chi connectivity index (χ1n) is 8.09. The molecular formula is C19H19N3O3. The zero-order valence-corrected chi connectivity index (χ0v) is 14.0. The van der Waals surface area contributed by atoms with E-state index >= 15 is 0 Å². The van der Waals surface area contributed by atoms with Gasteiger partial charge in [0.25, 0.3) is 10.9 Å². The predicted molar refractivity (Wildman–Crippen MR) is 98.4 cm³/mol. The van der Waals surface area contributed by atoms with Gasteiger partial charge in [-0.1, -0.05) is 37.3 Å². The number of hydrogen-bond acceptors (Lipinski definition) is 6. The first-order chi connectivity index (χ1) is 12.0. The lowest BCUT2D eigenvalue weighted by Gasteiger charge is -2.22. The van der Waals surface area contributed by atoms with E-state index in [2.05, 4.69) is 15.6 Å². The van der Waals surface area contributed by atoms with Crippen LogP contribution in [0.25, 0.3) is 0 Å². The molecule has 0 aliphatic heterocycles. The fourth-order valence-corrected chi connectivity index (χ4v) is 2.72. The summed E-state index contributed by atoms with van der Waals surface area (Å²) in [6, 6.07) is 11.2. The highest BCUT2D eigenvalue weighted by atomic mass is 16.3. The third-order valence-corrected chi connectivity index (χ3v) is 4.21. The summed E-state index contributed by atoms with van der Waals surface area (Å²) in [6.45, 7) is 3.66. The lowest BCUT2D eigenvalue weighted by atomic mass is 10.0. The third-order valence-electron chi connectivity index (χ3n) is 4.21. The van der Waals surface area contributed by atoms with E-state index in [-0.39, 0.29) is 23.2 Å². The SMILES string of the molecule is CC[C@H](Nc1c(Nc2ccnc(C)c2O)c(=O)c1=O)c1ccccc1. The van der Waals surface area contributed by atoms with Crippen LogP contribution in [0, 0.1) is 6.92 Å². The first-order valence-corrected chi connectivity index (χ1v) is 8.09. The minimum absolute atomic E-state index is 0.0448. The summed E-state index contributed by atoms with van der Waals surface area (Å²) >= 11 is 0. The predicted octanol–water partition coefficient (Wildman–Crippen LogP) is 3.00. The van der Waals surface area contributed by atoms with Gasteiger partial charge in [-0.2, -0.15) is 0 Å². The van der Waals surface area contributed by atoms with Crippen molar-refractivity contribution in [3.63, 3.8) is 0 Å². The lowest BCUT2D eigenvalue weighted by Crippen LogP contribution is -2.37. The number of pyridine rings is 1. The molecule has 3 aromatic rings. The van der Waals surface area contributed by atoms with Crippen molar-refractivity contribution in [2.24, 2.45) is 0 Å². The molecule has 0 saturated carbocycles. The molecule has 6 heteroatoms. The molecule has 1 heterocycles. The maximum Gasteiger partial charge on any atom is 0.253 e. The van der Waals surface area contributed by atoms with Gasteiger partial charge in [0.2, 0.25) is 0 Å². The molecule has 0 bridgehead atoms. The van der Waals surface area contributed by atoms with Crippen LogP contribution in [-0.2, 0) is 0 Å². The van der Waals surface area contributed by atoms with Crippen molar-refractivity contribution < 1.29 is 5.11 Å². The van der Waals surface area contributed by atoms with Gasteiger partial charge in [-0.3, -0.25) is 14.6 Å². The molecule has 6 nitrogen and oxygen atoms in total. The molecule has 0 saturated heterocycles. The average Bonchev–Trinajstić information content (AvgIpc) is 2.64. The number of nitrogens with zero attached hydrogens (tertiary/aromatic N) is 1. The monoisotopic (exact) mass is 337 g/mol. The summed E-state index contributed by atoms with van der Waals surface area (Å²) in [6.07, 6.45) is 2.27. The Morgan fingerprint density at radius 1 is 1.08 bits per heavy atom. The van der Waals surface area contributed by atoms with E-state index in [0.29, 0.717) is 11.4 Å². The second-order valence-electron chi connectivity index (χ2n) is 5.84. The van der Waals surface area contributed by atoms with Gasteiger partial charge in [-0.05, 0) is 25.0 Å². The number of nitrogens with one attached hydrogen (secondary N) is 2. The Bertz CT molecular complexity index is 960. The van der Waals surface area contributed by atoms with E-state index in [1.54, 1.807) is 13.0 Å². The molecule has 3 N–H and O–H groups in total. The number of hydrogen-bond donors (Lipinski definition) is 3. The Morgan fingerprint density at radius 2 is 1.76 bits per heavy atom. The van der Waals surface area contributed by atoms with Crippen LogP contribution in [0.15, 0.2) is 52.2 Å². The van der Waals surface area contributed by atoms with E-state index in [4.69, 9.17) is 0 Å². The molecule has 0 aliphatic rings. The average molecular weight is 337 g/mol. The Kier molecular flexibility index (Phi) is 4.52. The van der Waals surface area contributed by atoms with Crippen LogP contribution >= 0.6 is 0 Å². The number of benzene rings is 1. The maximum atomic E-state index is 12.0. The topological polar surface area (TPSA) is 91.3 Å². The maximum absolute atomic E-state index is 12.0. The van der Waals surface area contributed by atoms with E-state index in [1.807, 2.05) is 37.3 Å². The van der Waals surface area contributed by atoms with Crippen molar-refractivity contribution in [1.82, 2.24) is 4.98 Å². The van der Waals surface area contributed by atoms with Gasteiger partial charge in [0, 0.05) is 6.20 Å². The largest absolute Gasteiger partial charge is 0.504 e. The first kappa shape index (κ1) is 16.7. The quantitative estimate of drug-likeness (QED) is 0.599. The summed E-state index contributed by atoms with van der Waals surface area (Å²) in [5.41, 5.74) is 1.08. The molecule has 1 aromatic heterocycles. The molecular weight excluding hydrogens is 318 g/mol. The zero-order valence-electron chi connectivity index (χ0n) is 14.0. The molecule has 1 atom stereocenters. The highest BCUT2D eigenvalue weighted by molar-refractivity contribution is 5.80. The standard InChI is InChI=1S/C19H19N3O3/c1-3-13(12-7-5-4-6-8-12)21-15-16(19(25)18(15)24)22-14-9-10-20-11(2)17(14)23/h4-10,13,21,23H,3H2,1-2H3,(H,20,22)/t13-/m0/s1. The smallest absolute Gasteiger partial charge is 0.253 e. The van der Waals surface area contributed by atoms with E-state index in [0.717, 1.165) is 12.0 Å². The third kappa shape index (κ3) is 3.10. The Morgan fingerprint density at radius 3 is 2.44 bits per heavy atom. The Hall–Kier alpha value is -3.15. The van der Waals surface area contributed by atoms with Crippen LogP contribution in [-0.4, -0.2) is 10.1 Å². The van der Waals surface area contributed by atoms with E-state index in [1.165, 1.54) is 6.20 Å². The Balaban J connectivity index is 1.89. The number of aryl methyl sites for hydroxylation is 1. The highest BCUT2D eigenvalue weighted by Gasteiger charge is 2.24. The summed E-state index contributed by atoms with van der Waals surface area (Å²) in [5.74, 6) is -0.0448. The van der Waals surface area contributed by atoms with Crippen molar-refractivity contribution in [3.05, 3.63) is 74.3 Å². The highest BCUT2D eigenvalue weighted by Crippen LogP contribution is 2.31. The fourth-order valence-electron chi connectivity index (χ4n) is 2.72. The van der Waals surface area contributed by atoms with Crippen LogP contribution in [0.5, 0.6) is 5.75 Å². The van der Waals surface area contributed by atoms with Crippen molar-refractivity contribution in [2.45, 2.75) is 26.3 Å². The molecule has 0 radical (unpaired) electrons. The molecule has 3 rings (SSSR count). The molecule has 2 aromatic carbocycles. The van der Waals surface area contributed by atoms with Crippen LogP contribution in [0.1, 0.15) is 30.6 Å². The van der Waals surface area contributed by atoms with Crippen molar-refractivity contribution in [1.29, 1.82) is 0 Å². The van der Waals surface area contributed by atoms with Gasteiger partial charge in [0.1, 0.15) is 11.4 Å². The number of aromatic hydroxyl groups is 1. The van der Waals surface area contributed by atoms with Crippen LogP contribution in [0.3, 0.4) is 0 Å². The minimum atomic E-state index is -0.598. The van der Waals surface area contributed by atoms with Gasteiger partial charge in [0.15, 0.2) is 5.75 Å². The molecule has 128 valence electrons. The molecule has 0 spiro atoms. The van der Waals surface area contributed by atoms with Gasteiger partial charge in [0.05, 0.1) is 17.4 Å². The second-order valence-corrected chi connectivity index (χ2v) is 5.84. The van der Waals surface area contributed by atoms with Gasteiger partial charge >= 0.3 is 0 Å². The molecule has 25 heavy (non-hydrogen) atoms. The zero-order chi connectivity index (χ0) is 18.0. The van der Waals surface area contributed by atoms with Crippen molar-refractivity contribution in [3.8, 4) is 5.75 Å². The summed E-state index contributed by atoms with van der Waals surface area (Å²) in [4.78, 5) is 28.0. The van der Waals surface area contributed by atoms with Gasteiger partial charge < -0.3 is 15.7 Å². The second kappa shape index (κ2) is 6.76. The molecule has 0 unspecified atom stereocenters. The number of anilines is 3. The number of rotatable bonds is 6. The summed E-state index contributed by atoms with van der Waals surface area (Å²) < 4.78 is 0. The minimum Gasteiger partial charge on any atom is -0.504 e. The Labute approximate surface area is 144 Å². The van der Waals surface area contributed by atoms with Crippen molar-refractivity contribution >= 4 is 17.1 Å². The molecule has 0 aliphatic carbocycles. The van der Waals surface area contributed by atoms with E-state index < -0.39 is 10.9 Å². The summed E-state index contributed by atoms with van der Waals surface area (Å²) in [7, 11) is 0. The summed E-state index contributed by atoms with van der Waals surface area (Å²) in [5, 5.41) is 16.1. The van der Waals surface area contributed by atoms with Crippen molar-refractivity contribution in [2.75, 3.05) is 10.6 Å². The fraction of sp³-hybridized carbons (Fsp3) is 0.211.